The van der Waals surface area contributed by atoms with Crippen LogP contribution in [0.2, 0.25) is 0 Å². The summed E-state index contributed by atoms with van der Waals surface area (Å²) in [5, 5.41) is 9.14. The lowest BCUT2D eigenvalue weighted by atomic mass is 10.1. The van der Waals surface area contributed by atoms with Crippen molar-refractivity contribution in [3.63, 3.8) is 0 Å². The maximum Gasteiger partial charge on any atom is 0.280 e. The number of anilines is 1. The minimum absolute atomic E-state index is 0.0107. The molecule has 0 radical (unpaired) electrons. The molecule has 0 unspecified atom stereocenters. The fourth-order valence-corrected chi connectivity index (χ4v) is 3.84. The standard InChI is InChI=1S/C22H19F2N5O3S/c1-12-7-18(21(23)24)27-19(14-3-4-14)20(12)32-22-17(29-33(2,30)31)6-5-16(28-22)15-8-13(9-25)10-26-11-15/h5-8,10-11,14,21,29H,3-4H2,1-2H3. The minimum atomic E-state index is -3.66. The molecule has 0 bridgehead atoms. The van der Waals surface area contributed by atoms with Crippen molar-refractivity contribution < 1.29 is 21.9 Å². The van der Waals surface area contributed by atoms with Crippen LogP contribution in [0.5, 0.6) is 11.6 Å². The number of nitrogens with one attached hydrogen (secondary N) is 1. The molecule has 11 heteroatoms. The van der Waals surface area contributed by atoms with Gasteiger partial charge in [0.2, 0.25) is 15.9 Å². The highest BCUT2D eigenvalue weighted by Crippen LogP contribution is 2.46. The molecule has 1 N–H and O–H groups in total. The Labute approximate surface area is 189 Å². The third-order valence-electron chi connectivity index (χ3n) is 4.91. The monoisotopic (exact) mass is 471 g/mol. The number of nitriles is 1. The van der Waals surface area contributed by atoms with Crippen molar-refractivity contribution in [1.29, 1.82) is 5.26 Å². The quantitative estimate of drug-likeness (QED) is 0.531. The van der Waals surface area contributed by atoms with Gasteiger partial charge in [-0.2, -0.15) is 5.26 Å². The van der Waals surface area contributed by atoms with Gasteiger partial charge in [0.15, 0.2) is 5.75 Å². The fraction of sp³-hybridized carbons (Fsp3) is 0.273. The van der Waals surface area contributed by atoms with Gasteiger partial charge >= 0.3 is 0 Å². The lowest BCUT2D eigenvalue weighted by Gasteiger charge is -2.17. The van der Waals surface area contributed by atoms with Crippen molar-refractivity contribution in [1.82, 2.24) is 15.0 Å². The second-order valence-electron chi connectivity index (χ2n) is 7.75. The minimum Gasteiger partial charge on any atom is -0.435 e. The van der Waals surface area contributed by atoms with Crippen LogP contribution < -0.4 is 9.46 Å². The van der Waals surface area contributed by atoms with E-state index in [-0.39, 0.29) is 28.9 Å². The van der Waals surface area contributed by atoms with Gasteiger partial charge in [0.05, 0.1) is 23.2 Å². The average molecular weight is 471 g/mol. The molecule has 4 rings (SSSR count). The Balaban J connectivity index is 1.82. The third kappa shape index (κ3) is 5.23. The molecule has 0 aliphatic heterocycles. The van der Waals surface area contributed by atoms with Crippen molar-refractivity contribution >= 4 is 15.7 Å². The largest absolute Gasteiger partial charge is 0.435 e. The van der Waals surface area contributed by atoms with E-state index >= 15 is 0 Å². The van der Waals surface area contributed by atoms with Crippen LogP contribution in [0.15, 0.2) is 36.7 Å². The number of halogens is 2. The zero-order valence-electron chi connectivity index (χ0n) is 17.7. The van der Waals surface area contributed by atoms with E-state index < -0.39 is 16.4 Å². The number of sulfonamides is 1. The molecule has 8 nitrogen and oxygen atoms in total. The van der Waals surface area contributed by atoms with Gasteiger partial charge in [-0.05, 0) is 49.6 Å². The van der Waals surface area contributed by atoms with E-state index in [1.54, 1.807) is 19.1 Å². The highest BCUT2D eigenvalue weighted by Gasteiger charge is 2.32. The number of rotatable bonds is 7. The summed E-state index contributed by atoms with van der Waals surface area (Å²) in [5.41, 5.74) is 1.81. The van der Waals surface area contributed by atoms with Crippen LogP contribution >= 0.6 is 0 Å². The maximum absolute atomic E-state index is 13.3. The predicted octanol–water partition coefficient (Wildman–Crippen LogP) is 4.70. The summed E-state index contributed by atoms with van der Waals surface area (Å²) < 4.78 is 58.8. The van der Waals surface area contributed by atoms with Gasteiger partial charge in [0.1, 0.15) is 17.5 Å². The predicted molar refractivity (Wildman–Crippen MR) is 117 cm³/mol. The third-order valence-corrected chi connectivity index (χ3v) is 5.50. The first kappa shape index (κ1) is 22.5. The van der Waals surface area contributed by atoms with E-state index in [4.69, 9.17) is 10.00 Å². The molecule has 0 aromatic carbocycles. The number of alkyl halides is 2. The Morgan fingerprint density at radius 3 is 2.61 bits per heavy atom. The van der Waals surface area contributed by atoms with Gasteiger partial charge in [-0.15, -0.1) is 0 Å². The second kappa shape index (κ2) is 8.71. The Hall–Kier alpha value is -3.65. The van der Waals surface area contributed by atoms with Gasteiger partial charge in [-0.1, -0.05) is 0 Å². The van der Waals surface area contributed by atoms with Gasteiger partial charge in [0, 0.05) is 23.9 Å². The zero-order chi connectivity index (χ0) is 23.8. The Morgan fingerprint density at radius 2 is 1.97 bits per heavy atom. The van der Waals surface area contributed by atoms with Gasteiger partial charge in [0.25, 0.3) is 6.43 Å². The highest BCUT2D eigenvalue weighted by atomic mass is 32.2. The van der Waals surface area contributed by atoms with Crippen LogP contribution in [0.1, 0.15) is 47.7 Å². The number of aryl methyl sites for hydroxylation is 1. The van der Waals surface area contributed by atoms with Crippen molar-refractivity contribution in [2.75, 3.05) is 11.0 Å². The van der Waals surface area contributed by atoms with E-state index in [0.717, 1.165) is 19.1 Å². The van der Waals surface area contributed by atoms with Gasteiger partial charge in [-0.25, -0.2) is 27.2 Å². The summed E-state index contributed by atoms with van der Waals surface area (Å²) in [6.45, 7) is 1.63. The van der Waals surface area contributed by atoms with Crippen LogP contribution in [0, 0.1) is 18.3 Å². The molecule has 170 valence electrons. The van der Waals surface area contributed by atoms with Crippen LogP contribution in [0.25, 0.3) is 11.3 Å². The summed E-state index contributed by atoms with van der Waals surface area (Å²) in [6.07, 6.45) is 2.77. The molecule has 1 saturated carbocycles. The van der Waals surface area contributed by atoms with Crippen molar-refractivity contribution in [3.05, 3.63) is 59.2 Å². The van der Waals surface area contributed by atoms with E-state index in [2.05, 4.69) is 19.7 Å². The maximum atomic E-state index is 13.3. The topological polar surface area (TPSA) is 118 Å². The van der Waals surface area contributed by atoms with E-state index in [9.17, 15) is 17.2 Å². The van der Waals surface area contributed by atoms with Crippen LogP contribution in [0.4, 0.5) is 14.5 Å². The highest BCUT2D eigenvalue weighted by molar-refractivity contribution is 7.92. The second-order valence-corrected chi connectivity index (χ2v) is 9.50. The molecule has 1 aliphatic rings. The molecule has 0 amide bonds. The molecule has 33 heavy (non-hydrogen) atoms. The van der Waals surface area contributed by atoms with E-state index in [1.165, 1.54) is 24.5 Å². The van der Waals surface area contributed by atoms with E-state index in [0.29, 0.717) is 28.1 Å². The summed E-state index contributed by atoms with van der Waals surface area (Å²) in [7, 11) is -3.66. The van der Waals surface area contributed by atoms with E-state index in [1.807, 2.05) is 6.07 Å². The Bertz CT molecular complexity index is 1370. The summed E-state index contributed by atoms with van der Waals surface area (Å²) in [5.74, 6) is 0.187. The lowest BCUT2D eigenvalue weighted by molar-refractivity contribution is 0.145. The molecular weight excluding hydrogens is 452 g/mol. The molecule has 0 saturated heterocycles. The van der Waals surface area contributed by atoms with Gasteiger partial charge in [-0.3, -0.25) is 9.71 Å². The number of nitrogens with zero attached hydrogens (tertiary/aromatic N) is 4. The first-order chi connectivity index (χ1) is 15.6. The first-order valence-corrected chi connectivity index (χ1v) is 11.9. The number of hydrogen-bond donors (Lipinski definition) is 1. The van der Waals surface area contributed by atoms with Crippen LogP contribution in [-0.4, -0.2) is 29.6 Å². The lowest BCUT2D eigenvalue weighted by Crippen LogP contribution is -2.11. The molecule has 3 heterocycles. The van der Waals surface area contributed by atoms with Crippen molar-refractivity contribution in [3.8, 4) is 29.0 Å². The molecule has 0 spiro atoms. The number of ether oxygens (including phenoxy) is 1. The normalized spacial score (nSPS) is 13.6. The van der Waals surface area contributed by atoms with Crippen molar-refractivity contribution in [2.24, 2.45) is 0 Å². The van der Waals surface area contributed by atoms with Crippen molar-refractivity contribution in [2.45, 2.75) is 32.1 Å². The van der Waals surface area contributed by atoms with Crippen LogP contribution in [0.3, 0.4) is 0 Å². The zero-order valence-corrected chi connectivity index (χ0v) is 18.5. The molecule has 0 atom stereocenters. The smallest absolute Gasteiger partial charge is 0.280 e. The molecular formula is C22H19F2N5O3S. The van der Waals surface area contributed by atoms with Gasteiger partial charge < -0.3 is 4.74 Å². The molecule has 1 fully saturated rings. The number of hydrogen-bond acceptors (Lipinski definition) is 7. The summed E-state index contributed by atoms with van der Waals surface area (Å²) in [4.78, 5) is 12.6. The Morgan fingerprint density at radius 1 is 1.21 bits per heavy atom. The molecule has 3 aromatic heterocycles. The summed E-state index contributed by atoms with van der Waals surface area (Å²) >= 11 is 0. The summed E-state index contributed by atoms with van der Waals surface area (Å²) in [6, 6.07) is 7.87. The van der Waals surface area contributed by atoms with Crippen LogP contribution in [-0.2, 0) is 10.0 Å². The number of pyridine rings is 3. The number of aromatic nitrogens is 3. The SMILES string of the molecule is Cc1cc(C(F)F)nc(C2CC2)c1Oc1nc(-c2cncc(C#N)c2)ccc1NS(C)(=O)=O. The molecule has 1 aliphatic carbocycles. The molecule has 3 aromatic rings. The first-order valence-electron chi connectivity index (χ1n) is 9.96. The Kier molecular flexibility index (Phi) is 5.95. The fourth-order valence-electron chi connectivity index (χ4n) is 3.28. The average Bonchev–Trinajstić information content (AvgIpc) is 3.60.